The van der Waals surface area contributed by atoms with Gasteiger partial charge in [0.2, 0.25) is 11.7 Å². The Bertz CT molecular complexity index is 1020. The molecule has 3 rings (SSSR count). The Hall–Kier alpha value is -2.54. The highest BCUT2D eigenvalue weighted by molar-refractivity contribution is 7.91. The van der Waals surface area contributed by atoms with E-state index in [-0.39, 0.29) is 24.0 Å². The van der Waals surface area contributed by atoms with E-state index in [2.05, 4.69) is 20.8 Å². The average Bonchev–Trinajstić information content (AvgIpc) is 3.44. The molecule has 196 valence electrons. The van der Waals surface area contributed by atoms with Gasteiger partial charge < -0.3 is 24.8 Å². The molecule has 0 aromatic carbocycles. The third-order valence-electron chi connectivity index (χ3n) is 5.87. The molecule has 2 heterocycles. The van der Waals surface area contributed by atoms with Gasteiger partial charge in [0.1, 0.15) is 6.04 Å². The number of Topliss-reactive ketones (excluding diaryl/α,β-unsaturated/α-hetero) is 1. The van der Waals surface area contributed by atoms with Crippen LogP contribution in [0.5, 0.6) is 0 Å². The fraction of sp³-hybridized carbons (Fsp3) is 0.773. The first-order valence-corrected chi connectivity index (χ1v) is 13.7. The summed E-state index contributed by atoms with van der Waals surface area (Å²) >= 11 is 0. The minimum absolute atomic E-state index is 0.0299. The van der Waals surface area contributed by atoms with E-state index >= 15 is 0 Å². The summed E-state index contributed by atoms with van der Waals surface area (Å²) in [7, 11) is -3.61. The van der Waals surface area contributed by atoms with E-state index in [0.717, 1.165) is 12.8 Å². The normalized spacial score (nSPS) is 18.6. The molecule has 1 aliphatic heterocycles. The minimum atomic E-state index is -3.61. The number of rotatable bonds is 10. The van der Waals surface area contributed by atoms with E-state index in [1.807, 2.05) is 20.8 Å². The number of urea groups is 1. The zero-order chi connectivity index (χ0) is 25.8. The molecular formula is C22H35N5O7S. The van der Waals surface area contributed by atoms with E-state index in [9.17, 15) is 22.8 Å². The molecule has 2 aliphatic rings. The van der Waals surface area contributed by atoms with Crippen molar-refractivity contribution >= 4 is 27.6 Å². The quantitative estimate of drug-likeness (QED) is 0.429. The predicted octanol–water partition coefficient (Wildman–Crippen LogP) is 0.680. The monoisotopic (exact) mass is 513 g/mol. The Morgan fingerprint density at radius 3 is 2.31 bits per heavy atom. The van der Waals surface area contributed by atoms with E-state index in [1.54, 1.807) is 6.92 Å². The number of carbonyl (C=O) groups excluding carboxylic acids is 3. The number of morpholine rings is 1. The van der Waals surface area contributed by atoms with Gasteiger partial charge in [-0.3, -0.25) is 9.59 Å². The smallest absolute Gasteiger partial charge is 0.318 e. The zero-order valence-corrected chi connectivity index (χ0v) is 21.5. The van der Waals surface area contributed by atoms with Crippen molar-refractivity contribution in [1.82, 2.24) is 25.7 Å². The summed E-state index contributed by atoms with van der Waals surface area (Å²) in [6, 6.07) is -2.94. The van der Waals surface area contributed by atoms with Crippen LogP contribution >= 0.6 is 0 Å². The lowest BCUT2D eigenvalue weighted by molar-refractivity contribution is -0.123. The summed E-state index contributed by atoms with van der Waals surface area (Å²) in [5.74, 6) is -1.72. The Morgan fingerprint density at radius 1 is 1.11 bits per heavy atom. The van der Waals surface area contributed by atoms with Gasteiger partial charge in [-0.05, 0) is 25.2 Å². The molecule has 0 unspecified atom stereocenters. The van der Waals surface area contributed by atoms with Crippen molar-refractivity contribution in [2.45, 2.75) is 64.5 Å². The first kappa shape index (κ1) is 27.1. The van der Waals surface area contributed by atoms with Crippen LogP contribution in [-0.2, 0) is 24.8 Å². The molecular weight excluding hydrogens is 478 g/mol. The number of sulfone groups is 1. The molecule has 2 fully saturated rings. The largest absolute Gasteiger partial charge is 0.378 e. The van der Waals surface area contributed by atoms with Crippen LogP contribution in [0.4, 0.5) is 4.79 Å². The molecule has 12 nitrogen and oxygen atoms in total. The maximum atomic E-state index is 13.2. The third kappa shape index (κ3) is 7.72. The van der Waals surface area contributed by atoms with Crippen molar-refractivity contribution in [1.29, 1.82) is 0 Å². The van der Waals surface area contributed by atoms with Crippen molar-refractivity contribution in [3.05, 3.63) is 11.7 Å². The van der Waals surface area contributed by atoms with Gasteiger partial charge in [-0.1, -0.05) is 32.9 Å². The Kier molecular flexibility index (Phi) is 8.52. The van der Waals surface area contributed by atoms with Crippen LogP contribution in [0.1, 0.15) is 63.5 Å². The van der Waals surface area contributed by atoms with Gasteiger partial charge in [0.05, 0.1) is 30.8 Å². The van der Waals surface area contributed by atoms with E-state index in [4.69, 9.17) is 9.26 Å². The van der Waals surface area contributed by atoms with Crippen LogP contribution < -0.4 is 10.6 Å². The highest BCUT2D eigenvalue weighted by atomic mass is 32.2. The Balaban J connectivity index is 1.73. The molecule has 0 spiro atoms. The number of nitrogens with zero attached hydrogens (tertiary/aromatic N) is 3. The van der Waals surface area contributed by atoms with Gasteiger partial charge >= 0.3 is 6.03 Å². The highest BCUT2D eigenvalue weighted by Crippen LogP contribution is 2.30. The number of aromatic nitrogens is 2. The maximum absolute atomic E-state index is 13.2. The van der Waals surface area contributed by atoms with Crippen molar-refractivity contribution < 1.29 is 32.1 Å². The number of ketones is 1. The Morgan fingerprint density at radius 2 is 1.77 bits per heavy atom. The second-order valence-electron chi connectivity index (χ2n) is 10.1. The number of hydrogen-bond donors (Lipinski definition) is 2. The number of carbonyl (C=O) groups is 3. The lowest BCUT2D eigenvalue weighted by atomic mass is 9.96. The molecule has 1 aromatic heterocycles. The Labute approximate surface area is 205 Å². The van der Waals surface area contributed by atoms with Crippen LogP contribution in [0.2, 0.25) is 0 Å². The van der Waals surface area contributed by atoms with Crippen LogP contribution in [0.25, 0.3) is 0 Å². The predicted molar refractivity (Wildman–Crippen MR) is 126 cm³/mol. The van der Waals surface area contributed by atoms with E-state index in [0.29, 0.717) is 32.1 Å². The van der Waals surface area contributed by atoms with Gasteiger partial charge in [-0.25, -0.2) is 13.2 Å². The summed E-state index contributed by atoms with van der Waals surface area (Å²) in [6.07, 6.45) is 1.88. The van der Waals surface area contributed by atoms with Gasteiger partial charge in [0, 0.05) is 18.5 Å². The summed E-state index contributed by atoms with van der Waals surface area (Å²) in [4.78, 5) is 44.4. The molecule has 3 amide bonds. The lowest BCUT2D eigenvalue weighted by Gasteiger charge is -2.29. The molecule has 1 aliphatic carbocycles. The van der Waals surface area contributed by atoms with Gasteiger partial charge in [-0.2, -0.15) is 4.98 Å². The molecule has 0 bridgehead atoms. The number of hydrogen-bond acceptors (Lipinski definition) is 9. The van der Waals surface area contributed by atoms with Crippen molar-refractivity contribution in [3.63, 3.8) is 0 Å². The van der Waals surface area contributed by atoms with Crippen molar-refractivity contribution in [2.24, 2.45) is 5.92 Å². The van der Waals surface area contributed by atoms with Gasteiger partial charge in [-0.15, -0.1) is 0 Å². The minimum Gasteiger partial charge on any atom is -0.378 e. The first-order chi connectivity index (χ1) is 16.4. The van der Waals surface area contributed by atoms with E-state index in [1.165, 1.54) is 4.90 Å². The SMILES string of the molecule is CC[C@H](NC(=O)[C@H](CS(=O)(=O)CC1CC1)NC(=O)N1CCOCC1)C(=O)c1nc(C(C)(C)C)no1. The molecule has 35 heavy (non-hydrogen) atoms. The summed E-state index contributed by atoms with van der Waals surface area (Å²) in [5, 5.41) is 8.96. The van der Waals surface area contributed by atoms with Gasteiger partial charge in [0.25, 0.3) is 5.89 Å². The molecule has 2 atom stereocenters. The average molecular weight is 514 g/mol. The topological polar surface area (TPSA) is 161 Å². The second kappa shape index (κ2) is 11.0. The number of nitrogens with one attached hydrogen (secondary N) is 2. The van der Waals surface area contributed by atoms with Crippen molar-refractivity contribution in [2.75, 3.05) is 37.8 Å². The zero-order valence-electron chi connectivity index (χ0n) is 20.7. The molecule has 1 saturated carbocycles. The number of ether oxygens (including phenoxy) is 1. The van der Waals surface area contributed by atoms with Crippen molar-refractivity contribution in [3.8, 4) is 0 Å². The molecule has 2 N–H and O–H groups in total. The maximum Gasteiger partial charge on any atom is 0.318 e. The summed E-state index contributed by atoms with van der Waals surface area (Å²) < 4.78 is 35.7. The third-order valence-corrected chi connectivity index (χ3v) is 7.69. The fourth-order valence-corrected chi connectivity index (χ4v) is 5.49. The summed E-state index contributed by atoms with van der Waals surface area (Å²) in [6.45, 7) is 8.68. The van der Waals surface area contributed by atoms with Crippen LogP contribution in [0.3, 0.4) is 0 Å². The second-order valence-corrected chi connectivity index (χ2v) is 12.3. The van der Waals surface area contributed by atoms with Crippen LogP contribution in [-0.4, -0.2) is 91.1 Å². The summed E-state index contributed by atoms with van der Waals surface area (Å²) in [5.41, 5.74) is -0.433. The standard InChI is InChI=1S/C22H35N5O7S/c1-5-15(17(28)19-25-20(26-34-19)22(2,3)4)23-18(29)16(13-35(31,32)12-14-6-7-14)24-21(30)27-8-10-33-11-9-27/h14-16H,5-13H2,1-4H3,(H,23,29)(H,24,30)/t15-,16-/m0/s1. The van der Waals surface area contributed by atoms with E-state index < -0.39 is 50.8 Å². The number of amides is 3. The lowest BCUT2D eigenvalue weighted by Crippen LogP contribution is -2.57. The van der Waals surface area contributed by atoms with Crippen LogP contribution in [0.15, 0.2) is 4.52 Å². The molecule has 1 saturated heterocycles. The highest BCUT2D eigenvalue weighted by Gasteiger charge is 2.36. The molecule has 1 aromatic rings. The van der Waals surface area contributed by atoms with Crippen LogP contribution in [0, 0.1) is 5.92 Å². The van der Waals surface area contributed by atoms with Gasteiger partial charge in [0.15, 0.2) is 15.7 Å². The molecule has 13 heteroatoms. The first-order valence-electron chi connectivity index (χ1n) is 11.9. The fourth-order valence-electron chi connectivity index (χ4n) is 3.56. The molecule has 0 radical (unpaired) electrons.